The van der Waals surface area contributed by atoms with Crippen molar-refractivity contribution in [3.63, 3.8) is 0 Å². The average Bonchev–Trinajstić information content (AvgIpc) is 3.51. The summed E-state index contributed by atoms with van der Waals surface area (Å²) in [4.78, 5) is 44.2. The number of pyridine rings is 2. The third-order valence-electron chi connectivity index (χ3n) is 8.72. The topological polar surface area (TPSA) is 115 Å². The van der Waals surface area contributed by atoms with Crippen molar-refractivity contribution in [2.45, 2.75) is 45.6 Å². The van der Waals surface area contributed by atoms with Crippen LogP contribution in [0.2, 0.25) is 0 Å². The number of aryl methyl sites for hydroxylation is 2. The molecule has 11 nitrogen and oxygen atoms in total. The maximum absolute atomic E-state index is 16.3. The van der Waals surface area contributed by atoms with Crippen LogP contribution in [-0.2, 0) is 17.6 Å². The van der Waals surface area contributed by atoms with Crippen molar-refractivity contribution in [2.75, 3.05) is 24.5 Å². The van der Waals surface area contributed by atoms with Gasteiger partial charge in [0.15, 0.2) is 5.65 Å². The highest BCUT2D eigenvalue weighted by molar-refractivity contribution is 5.91. The summed E-state index contributed by atoms with van der Waals surface area (Å²) in [6, 6.07) is 7.35. The first-order chi connectivity index (χ1) is 22.2. The Hall–Kier alpha value is -5.33. The van der Waals surface area contributed by atoms with Crippen LogP contribution < -0.4 is 10.6 Å². The van der Waals surface area contributed by atoms with Gasteiger partial charge in [0.25, 0.3) is 0 Å². The quantitative estimate of drug-likeness (QED) is 0.276. The van der Waals surface area contributed by atoms with Gasteiger partial charge in [-0.25, -0.2) is 27.8 Å². The SMILES string of the molecule is C=CC(=O)N1CCN(c2nc(=O)n3c4nc(c(F)cc24)-c2c(F)cccc2CCc2cnnn2-c2ccnc(C(C)C)c2-3)[C@@H](C)C1. The van der Waals surface area contributed by atoms with Crippen LogP contribution in [0, 0.1) is 11.6 Å². The van der Waals surface area contributed by atoms with Gasteiger partial charge in [0.05, 0.1) is 34.3 Å². The molecule has 46 heavy (non-hydrogen) atoms. The van der Waals surface area contributed by atoms with Crippen molar-refractivity contribution in [3.8, 4) is 22.6 Å². The van der Waals surface area contributed by atoms with Crippen LogP contribution in [0.4, 0.5) is 14.6 Å². The van der Waals surface area contributed by atoms with E-state index in [1.165, 1.54) is 22.8 Å². The number of fused-ring (bicyclic) bond motifs is 7. The van der Waals surface area contributed by atoms with Gasteiger partial charge < -0.3 is 9.80 Å². The lowest BCUT2D eigenvalue weighted by atomic mass is 9.97. The molecule has 1 amide bonds. The zero-order chi connectivity index (χ0) is 32.3. The monoisotopic (exact) mass is 623 g/mol. The fraction of sp³-hybridized carbons (Fsp3) is 0.303. The summed E-state index contributed by atoms with van der Waals surface area (Å²) in [7, 11) is 0. The molecule has 0 radical (unpaired) electrons. The maximum atomic E-state index is 16.3. The molecule has 2 aliphatic rings. The minimum absolute atomic E-state index is 0.0271. The second kappa shape index (κ2) is 11.2. The predicted octanol–water partition coefficient (Wildman–Crippen LogP) is 4.15. The lowest BCUT2D eigenvalue weighted by Crippen LogP contribution is -2.54. The lowest BCUT2D eigenvalue weighted by Gasteiger charge is -2.40. The molecule has 1 aromatic carbocycles. The van der Waals surface area contributed by atoms with Crippen molar-refractivity contribution in [3.05, 3.63) is 94.5 Å². The molecule has 7 rings (SSSR count). The summed E-state index contributed by atoms with van der Waals surface area (Å²) < 4.78 is 34.9. The van der Waals surface area contributed by atoms with Gasteiger partial charge in [-0.3, -0.25) is 9.78 Å². The van der Waals surface area contributed by atoms with Gasteiger partial charge in [-0.1, -0.05) is 37.8 Å². The maximum Gasteiger partial charge on any atom is 0.355 e. The third-order valence-corrected chi connectivity index (χ3v) is 8.72. The number of anilines is 1. The summed E-state index contributed by atoms with van der Waals surface area (Å²) in [6.07, 6.45) is 5.30. The van der Waals surface area contributed by atoms with Gasteiger partial charge in [0, 0.05) is 37.4 Å². The van der Waals surface area contributed by atoms with Gasteiger partial charge in [-0.15, -0.1) is 5.10 Å². The fourth-order valence-electron chi connectivity index (χ4n) is 6.52. The van der Waals surface area contributed by atoms with E-state index in [1.54, 1.807) is 40.2 Å². The number of rotatable bonds is 3. The zero-order valence-corrected chi connectivity index (χ0v) is 25.6. The highest BCUT2D eigenvalue weighted by Crippen LogP contribution is 2.36. The van der Waals surface area contributed by atoms with Gasteiger partial charge >= 0.3 is 5.69 Å². The van der Waals surface area contributed by atoms with E-state index in [0.717, 1.165) is 0 Å². The molecular weight excluding hydrogens is 592 g/mol. The van der Waals surface area contributed by atoms with E-state index < -0.39 is 17.3 Å². The van der Waals surface area contributed by atoms with E-state index in [-0.39, 0.29) is 46.0 Å². The third kappa shape index (κ3) is 4.65. The number of amides is 1. The Balaban J connectivity index is 1.59. The van der Waals surface area contributed by atoms with Crippen LogP contribution in [0.15, 0.2) is 60.2 Å². The molecule has 0 saturated carbocycles. The average molecular weight is 624 g/mol. The van der Waals surface area contributed by atoms with Crippen LogP contribution in [0.5, 0.6) is 0 Å². The molecule has 13 heteroatoms. The number of nitrogens with zero attached hydrogens (tertiary/aromatic N) is 9. The number of hydrogen-bond donors (Lipinski definition) is 0. The van der Waals surface area contributed by atoms with E-state index >= 15 is 8.78 Å². The van der Waals surface area contributed by atoms with E-state index in [9.17, 15) is 9.59 Å². The highest BCUT2D eigenvalue weighted by Gasteiger charge is 2.32. The van der Waals surface area contributed by atoms with Gasteiger partial charge in [0.2, 0.25) is 5.91 Å². The lowest BCUT2D eigenvalue weighted by molar-refractivity contribution is -0.126. The fourth-order valence-corrected chi connectivity index (χ4v) is 6.52. The number of aromatic nitrogens is 7. The predicted molar refractivity (Wildman–Crippen MR) is 168 cm³/mol. The summed E-state index contributed by atoms with van der Waals surface area (Å²) in [5.74, 6) is -1.50. The molecule has 0 spiro atoms. The smallest absolute Gasteiger partial charge is 0.350 e. The normalized spacial score (nSPS) is 16.1. The number of halogens is 2. The number of hydrogen-bond acceptors (Lipinski definition) is 8. The Kier molecular flexibility index (Phi) is 7.18. The van der Waals surface area contributed by atoms with Crippen LogP contribution in [-0.4, -0.2) is 71.0 Å². The van der Waals surface area contributed by atoms with E-state index in [4.69, 9.17) is 4.98 Å². The molecule has 0 unspecified atom stereocenters. The molecule has 0 aliphatic carbocycles. The number of benzene rings is 1. The number of carbonyl (C=O) groups is 1. The largest absolute Gasteiger partial charge is 0.355 e. The zero-order valence-electron chi connectivity index (χ0n) is 25.6. The molecule has 2 aliphatic heterocycles. The van der Waals surface area contributed by atoms with Crippen molar-refractivity contribution >= 4 is 22.8 Å². The molecule has 4 aromatic heterocycles. The van der Waals surface area contributed by atoms with Crippen molar-refractivity contribution in [1.82, 2.24) is 39.4 Å². The minimum atomic E-state index is -0.750. The van der Waals surface area contributed by atoms with Crippen molar-refractivity contribution in [2.24, 2.45) is 0 Å². The summed E-state index contributed by atoms with van der Waals surface area (Å²) in [6.45, 7) is 10.4. The Labute approximate surface area is 262 Å². The Bertz CT molecular complexity index is 2110. The standard InChI is InChI=1S/C33H31F2N9O2/c1-5-26(45)41-13-14-42(19(4)17-41)31-22-15-24(35)29-27-20(7-6-8-23(27)34)9-10-21-16-37-40-44(21)25-11-12-36-28(18(2)3)30(25)43(32(22)38-29)33(46)39-31/h5-8,11-12,15-16,18-19H,1,9-10,13-14,17H2,2-4H3/t19-/m0/s1. The molecule has 2 bridgehead atoms. The summed E-state index contributed by atoms with van der Waals surface area (Å²) >= 11 is 0. The Morgan fingerprint density at radius 1 is 1.11 bits per heavy atom. The van der Waals surface area contributed by atoms with Crippen molar-refractivity contribution < 1.29 is 13.6 Å². The Morgan fingerprint density at radius 3 is 2.70 bits per heavy atom. The molecule has 234 valence electrons. The van der Waals surface area contributed by atoms with Crippen LogP contribution in [0.25, 0.3) is 33.7 Å². The van der Waals surface area contributed by atoms with Gasteiger partial charge in [-0.2, -0.15) is 4.98 Å². The summed E-state index contributed by atoms with van der Waals surface area (Å²) in [5, 5.41) is 8.79. The van der Waals surface area contributed by atoms with Gasteiger partial charge in [-0.05, 0) is 55.5 Å². The van der Waals surface area contributed by atoms with E-state index in [1.807, 2.05) is 25.7 Å². The van der Waals surface area contributed by atoms with Crippen molar-refractivity contribution in [1.29, 1.82) is 0 Å². The number of piperazine rings is 1. The van der Waals surface area contributed by atoms with E-state index in [0.29, 0.717) is 60.8 Å². The van der Waals surface area contributed by atoms with Crippen LogP contribution >= 0.6 is 0 Å². The molecule has 5 aromatic rings. The van der Waals surface area contributed by atoms with E-state index in [2.05, 4.69) is 26.9 Å². The van der Waals surface area contributed by atoms with Crippen LogP contribution in [0.3, 0.4) is 0 Å². The highest BCUT2D eigenvalue weighted by atomic mass is 19.1. The first-order valence-electron chi connectivity index (χ1n) is 15.2. The second-order valence-corrected chi connectivity index (χ2v) is 11.9. The molecular formula is C33H31F2N9O2. The first-order valence-corrected chi connectivity index (χ1v) is 15.2. The molecule has 1 atom stereocenters. The minimum Gasteiger partial charge on any atom is -0.350 e. The molecule has 6 heterocycles. The Morgan fingerprint density at radius 2 is 1.93 bits per heavy atom. The molecule has 1 fully saturated rings. The second-order valence-electron chi connectivity index (χ2n) is 11.9. The molecule has 0 N–H and O–H groups in total. The molecule has 1 saturated heterocycles. The number of carbonyl (C=O) groups excluding carboxylic acids is 1. The van der Waals surface area contributed by atoms with Crippen LogP contribution in [0.1, 0.15) is 43.6 Å². The first kappa shape index (κ1) is 29.4. The summed E-state index contributed by atoms with van der Waals surface area (Å²) in [5.41, 5.74) is 1.99. The van der Waals surface area contributed by atoms with Gasteiger partial charge in [0.1, 0.15) is 23.1 Å².